The van der Waals surface area contributed by atoms with Gasteiger partial charge in [0.25, 0.3) is 0 Å². The van der Waals surface area contributed by atoms with Crippen molar-refractivity contribution in [3.8, 4) is 0 Å². The van der Waals surface area contributed by atoms with Crippen molar-refractivity contribution in [3.63, 3.8) is 0 Å². The van der Waals surface area contributed by atoms with E-state index in [4.69, 9.17) is 0 Å². The first-order valence-electron chi connectivity index (χ1n) is 3.46. The molecule has 0 aliphatic rings. The molecule has 0 amide bonds. The second-order valence-corrected chi connectivity index (χ2v) is 8.22. The van der Waals surface area contributed by atoms with Crippen LogP contribution < -0.4 is 0 Å². The fourth-order valence-corrected chi connectivity index (χ4v) is 3.42. The molecule has 0 atom stereocenters. The first-order valence-corrected chi connectivity index (χ1v) is 7.50. The molecule has 0 unspecified atom stereocenters. The van der Waals surface area contributed by atoms with Gasteiger partial charge in [-0.05, 0) is 13.8 Å². The van der Waals surface area contributed by atoms with Crippen LogP contribution in [0.25, 0.3) is 0 Å². The molecular weight excluding hydrogens is 203 g/mol. The van der Waals surface area contributed by atoms with Crippen LogP contribution >= 0.6 is 6.80 Å². The molecule has 0 radical (unpaired) electrons. The summed E-state index contributed by atoms with van der Waals surface area (Å²) in [5.74, 6) is 0. The van der Waals surface area contributed by atoms with Crippen molar-refractivity contribution >= 4 is 16.3 Å². The Morgan fingerprint density at radius 2 is 1.50 bits per heavy atom. The van der Waals surface area contributed by atoms with E-state index in [0.29, 0.717) is 0 Å². The molecule has 0 aromatic carbocycles. The van der Waals surface area contributed by atoms with Crippen molar-refractivity contribution in [2.45, 2.75) is 13.8 Å². The molecular formula is C5H13O5PS. The Bertz CT molecular complexity index is 260. The van der Waals surface area contributed by atoms with E-state index < -0.39 is 16.3 Å². The predicted octanol–water partition coefficient (Wildman–Crippen LogP) is 1.21. The largest absolute Gasteiger partial charge is 0.444 e. The van der Waals surface area contributed by atoms with Gasteiger partial charge in [-0.25, -0.2) is 13.0 Å². The maximum Gasteiger partial charge on any atom is 0.444 e. The maximum atomic E-state index is 11.4. The Labute approximate surface area is 72.3 Å². The Balaban J connectivity index is 4.76. The molecule has 0 aliphatic heterocycles. The zero-order chi connectivity index (χ0) is 9.83. The van der Waals surface area contributed by atoms with Crippen molar-refractivity contribution in [2.24, 2.45) is 0 Å². The van der Waals surface area contributed by atoms with Gasteiger partial charge in [0.15, 0.2) is 0 Å². The second kappa shape index (κ2) is 4.37. The molecule has 0 aromatic heterocycles. The van der Waals surface area contributed by atoms with Crippen LogP contribution in [-0.2, 0) is 23.1 Å². The third kappa shape index (κ3) is 2.86. The van der Waals surface area contributed by atoms with Crippen LogP contribution in [0.5, 0.6) is 0 Å². The fraction of sp³-hybridized carbons (Fsp3) is 1.00. The lowest BCUT2D eigenvalue weighted by molar-refractivity contribution is 0.234. The minimum atomic E-state index is -3.93. The van der Waals surface area contributed by atoms with E-state index in [2.05, 4.69) is 9.05 Å². The van der Waals surface area contributed by atoms with Crippen LogP contribution in [0.15, 0.2) is 0 Å². The molecule has 5 nitrogen and oxygen atoms in total. The van der Waals surface area contributed by atoms with Gasteiger partial charge in [0.05, 0.1) is 19.5 Å². The van der Waals surface area contributed by atoms with Gasteiger partial charge in [0.2, 0.25) is 9.46 Å². The van der Waals surface area contributed by atoms with Crippen LogP contribution in [0.4, 0.5) is 0 Å². The van der Waals surface area contributed by atoms with Crippen molar-refractivity contribution in [2.75, 3.05) is 19.5 Å². The molecule has 0 N–H and O–H groups in total. The molecule has 0 aromatic rings. The molecule has 0 heterocycles. The summed E-state index contributed by atoms with van der Waals surface area (Å²) in [5, 5.41) is 0. The van der Waals surface area contributed by atoms with Crippen LogP contribution in [-0.4, -0.2) is 27.9 Å². The Morgan fingerprint density at radius 3 is 1.67 bits per heavy atom. The van der Waals surface area contributed by atoms with E-state index >= 15 is 0 Å². The first-order chi connectivity index (χ1) is 5.37. The summed E-state index contributed by atoms with van der Waals surface area (Å²) >= 11 is 0. The van der Waals surface area contributed by atoms with Crippen LogP contribution in [0, 0.1) is 0 Å². The van der Waals surface area contributed by atoms with Gasteiger partial charge in [-0.1, -0.05) is 0 Å². The van der Waals surface area contributed by atoms with Gasteiger partial charge >= 0.3 is 6.80 Å². The van der Waals surface area contributed by atoms with Crippen molar-refractivity contribution in [3.05, 3.63) is 0 Å². The molecule has 0 saturated carbocycles. The monoisotopic (exact) mass is 216 g/mol. The summed E-state index contributed by atoms with van der Waals surface area (Å²) in [6.07, 6.45) is 0.832. The third-order valence-corrected chi connectivity index (χ3v) is 6.01. The lowest BCUT2D eigenvalue weighted by atomic mass is 10.9. The second-order valence-electron chi connectivity index (χ2n) is 2.02. The summed E-state index contributed by atoms with van der Waals surface area (Å²) in [5.41, 5.74) is 0. The maximum absolute atomic E-state index is 11.4. The Morgan fingerprint density at radius 1 is 1.17 bits per heavy atom. The summed E-state index contributed by atoms with van der Waals surface area (Å²) in [6, 6.07) is 0. The minimum absolute atomic E-state index is 0.0460. The van der Waals surface area contributed by atoms with Crippen molar-refractivity contribution in [1.82, 2.24) is 0 Å². The SMILES string of the molecule is CCOP(=O)(OCC)S(C)(=O)=O. The highest BCUT2D eigenvalue weighted by Crippen LogP contribution is 2.53. The molecule has 7 heteroatoms. The number of hydrogen-bond donors (Lipinski definition) is 0. The first kappa shape index (κ1) is 12.1. The lowest BCUT2D eigenvalue weighted by Gasteiger charge is -2.13. The highest BCUT2D eigenvalue weighted by molar-refractivity contribution is 8.49. The number of hydrogen-bond acceptors (Lipinski definition) is 5. The molecule has 0 saturated heterocycles. The normalized spacial score (nSPS) is 13.2. The van der Waals surface area contributed by atoms with Gasteiger partial charge in [-0.2, -0.15) is 0 Å². The summed E-state index contributed by atoms with van der Waals surface area (Å²) in [4.78, 5) is 0. The predicted molar refractivity (Wildman–Crippen MR) is 45.7 cm³/mol. The smallest absolute Gasteiger partial charge is 0.298 e. The fourth-order valence-electron chi connectivity index (χ4n) is 0.545. The third-order valence-electron chi connectivity index (χ3n) is 0.981. The topological polar surface area (TPSA) is 69.7 Å². The molecule has 0 bridgehead atoms. The lowest BCUT2D eigenvalue weighted by Crippen LogP contribution is -2.05. The molecule has 0 spiro atoms. The Hall–Kier alpha value is 0.100. The molecule has 0 fully saturated rings. The highest BCUT2D eigenvalue weighted by Gasteiger charge is 2.36. The van der Waals surface area contributed by atoms with Gasteiger partial charge < -0.3 is 0 Å². The zero-order valence-corrected chi connectivity index (χ0v) is 9.02. The van der Waals surface area contributed by atoms with E-state index in [1.807, 2.05) is 0 Å². The van der Waals surface area contributed by atoms with Gasteiger partial charge in [-0.3, -0.25) is 9.05 Å². The summed E-state index contributed by atoms with van der Waals surface area (Å²) in [6.45, 7) is -0.734. The molecule has 0 aliphatic carbocycles. The van der Waals surface area contributed by atoms with Gasteiger partial charge in [0, 0.05) is 0 Å². The average molecular weight is 216 g/mol. The van der Waals surface area contributed by atoms with E-state index in [9.17, 15) is 13.0 Å². The minimum Gasteiger partial charge on any atom is -0.298 e. The van der Waals surface area contributed by atoms with E-state index in [0.717, 1.165) is 6.26 Å². The average Bonchev–Trinajstić information content (AvgIpc) is 1.86. The van der Waals surface area contributed by atoms with Crippen LogP contribution in [0.1, 0.15) is 13.8 Å². The molecule has 12 heavy (non-hydrogen) atoms. The van der Waals surface area contributed by atoms with Gasteiger partial charge in [0.1, 0.15) is 0 Å². The quantitative estimate of drug-likeness (QED) is 0.646. The number of rotatable bonds is 5. The van der Waals surface area contributed by atoms with Crippen LogP contribution in [0.2, 0.25) is 0 Å². The van der Waals surface area contributed by atoms with Gasteiger partial charge in [-0.15, -0.1) is 0 Å². The molecule has 0 rings (SSSR count). The zero-order valence-electron chi connectivity index (χ0n) is 7.31. The Kier molecular flexibility index (Phi) is 4.40. The van der Waals surface area contributed by atoms with Crippen LogP contribution in [0.3, 0.4) is 0 Å². The van der Waals surface area contributed by atoms with Crippen molar-refractivity contribution in [1.29, 1.82) is 0 Å². The molecule has 74 valence electrons. The van der Waals surface area contributed by atoms with E-state index in [-0.39, 0.29) is 13.2 Å². The van der Waals surface area contributed by atoms with E-state index in [1.165, 1.54) is 0 Å². The van der Waals surface area contributed by atoms with Crippen molar-refractivity contribution < 1.29 is 22.0 Å². The standard InChI is InChI=1S/C5H13O5PS/c1-4-9-11(6,10-5-2)12(3,7)8/h4-5H2,1-3H3. The van der Waals surface area contributed by atoms with E-state index in [1.54, 1.807) is 13.8 Å². The summed E-state index contributed by atoms with van der Waals surface area (Å²) in [7, 11) is -3.78. The highest BCUT2D eigenvalue weighted by atomic mass is 32.8. The summed E-state index contributed by atoms with van der Waals surface area (Å²) < 4.78 is 42.4.